The predicted octanol–water partition coefficient (Wildman–Crippen LogP) is 2.73. The van der Waals surface area contributed by atoms with Crippen molar-refractivity contribution in [2.24, 2.45) is 5.92 Å². The average molecular weight is 287 g/mol. The van der Waals surface area contributed by atoms with E-state index in [9.17, 15) is 4.79 Å². The Morgan fingerprint density at radius 2 is 1.74 bits per heavy atom. The normalized spacial score (nSPS) is 33.1. The van der Waals surface area contributed by atoms with Crippen LogP contribution in [0.1, 0.15) is 58.8 Å². The number of amides is 1. The summed E-state index contributed by atoms with van der Waals surface area (Å²) in [6.45, 7) is 4.31. The van der Waals surface area contributed by atoms with Gasteiger partial charge in [0.25, 0.3) is 0 Å². The molecule has 3 aliphatic rings. The first kappa shape index (κ1) is 15.1. The molecule has 2 unspecified atom stereocenters. The van der Waals surface area contributed by atoms with Crippen molar-refractivity contribution < 1.29 is 4.79 Å². The van der Waals surface area contributed by atoms with Crippen LogP contribution in [0.25, 0.3) is 0 Å². The number of piperidine rings is 1. The lowest BCUT2D eigenvalue weighted by Gasteiger charge is -2.32. The third kappa shape index (κ3) is 3.43. The number of nitrogens with zero attached hydrogens (tertiary/aromatic N) is 1. The molecule has 2 atom stereocenters. The molecular weight excluding hydrogens is 260 g/mol. The summed E-state index contributed by atoms with van der Waals surface area (Å²) < 4.78 is 0. The molecule has 110 valence electrons. The maximum absolute atomic E-state index is 12.5. The molecule has 0 spiro atoms. The molecule has 0 aromatic rings. The molecule has 19 heavy (non-hydrogen) atoms. The molecule has 1 N–H and O–H groups in total. The van der Waals surface area contributed by atoms with Gasteiger partial charge in [-0.2, -0.15) is 0 Å². The van der Waals surface area contributed by atoms with Crippen LogP contribution in [0.4, 0.5) is 0 Å². The van der Waals surface area contributed by atoms with Crippen LogP contribution in [0.5, 0.6) is 0 Å². The van der Waals surface area contributed by atoms with Crippen molar-refractivity contribution in [1.29, 1.82) is 0 Å². The number of fused-ring (bicyclic) bond motifs is 2. The van der Waals surface area contributed by atoms with Crippen molar-refractivity contribution in [3.05, 3.63) is 0 Å². The fourth-order valence-electron chi connectivity index (χ4n) is 3.96. The maximum atomic E-state index is 12.5. The quantitative estimate of drug-likeness (QED) is 0.862. The number of carbonyl (C=O) groups is 1. The molecule has 1 aliphatic carbocycles. The van der Waals surface area contributed by atoms with E-state index in [-0.39, 0.29) is 12.4 Å². The topological polar surface area (TPSA) is 32.3 Å². The van der Waals surface area contributed by atoms with Gasteiger partial charge in [0, 0.05) is 30.6 Å². The molecule has 1 saturated carbocycles. The summed E-state index contributed by atoms with van der Waals surface area (Å²) in [4.78, 5) is 14.6. The lowest BCUT2D eigenvalue weighted by Crippen LogP contribution is -2.43. The van der Waals surface area contributed by atoms with Crippen molar-refractivity contribution in [2.45, 2.75) is 83.0 Å². The predicted molar refractivity (Wildman–Crippen MR) is 79.5 cm³/mol. The van der Waals surface area contributed by atoms with Crippen LogP contribution in [0.2, 0.25) is 0 Å². The van der Waals surface area contributed by atoms with Crippen molar-refractivity contribution in [3.63, 3.8) is 0 Å². The van der Waals surface area contributed by atoms with E-state index in [2.05, 4.69) is 24.1 Å². The standard InChI is InChI=1S/C15H26N2O.ClH/c1-10(2)17(14-5-6-14)15(18)9-11-7-12-3-4-13(8-11)16-12;/h10-14,16H,3-9H2,1-2H3;1H. The fourth-order valence-corrected chi connectivity index (χ4v) is 3.96. The van der Waals surface area contributed by atoms with Crippen LogP contribution in [0.15, 0.2) is 0 Å². The van der Waals surface area contributed by atoms with E-state index in [1.807, 2.05) is 0 Å². The molecule has 0 radical (unpaired) electrons. The van der Waals surface area contributed by atoms with Gasteiger partial charge in [-0.05, 0) is 58.3 Å². The summed E-state index contributed by atoms with van der Waals surface area (Å²) in [6.07, 6.45) is 8.33. The number of rotatable bonds is 4. The first-order valence-corrected chi connectivity index (χ1v) is 7.70. The van der Waals surface area contributed by atoms with Crippen LogP contribution in [-0.2, 0) is 4.79 Å². The number of nitrogens with one attached hydrogen (secondary N) is 1. The van der Waals surface area contributed by atoms with E-state index in [1.54, 1.807) is 0 Å². The SMILES string of the molecule is CC(C)N(C(=O)CC1CC2CCC(C1)N2)C1CC1.Cl. The number of hydrogen-bond acceptors (Lipinski definition) is 2. The third-order valence-electron chi connectivity index (χ3n) is 4.82. The molecular formula is C15H27ClN2O. The number of halogens is 1. The Kier molecular flexibility index (Phi) is 4.78. The Morgan fingerprint density at radius 3 is 2.21 bits per heavy atom. The number of carbonyl (C=O) groups excluding carboxylic acids is 1. The Labute approximate surface area is 122 Å². The largest absolute Gasteiger partial charge is 0.337 e. The molecule has 3 fully saturated rings. The maximum Gasteiger partial charge on any atom is 0.223 e. The molecule has 3 rings (SSSR count). The smallest absolute Gasteiger partial charge is 0.223 e. The monoisotopic (exact) mass is 286 g/mol. The molecule has 4 heteroatoms. The Morgan fingerprint density at radius 1 is 1.16 bits per heavy atom. The Hall–Kier alpha value is -0.280. The van der Waals surface area contributed by atoms with Crippen molar-refractivity contribution in [1.82, 2.24) is 10.2 Å². The van der Waals surface area contributed by atoms with Gasteiger partial charge in [-0.25, -0.2) is 0 Å². The van der Waals surface area contributed by atoms with Gasteiger partial charge >= 0.3 is 0 Å². The first-order valence-electron chi connectivity index (χ1n) is 7.70. The zero-order valence-corrected chi connectivity index (χ0v) is 12.9. The van der Waals surface area contributed by atoms with Crippen LogP contribution in [-0.4, -0.2) is 35.0 Å². The van der Waals surface area contributed by atoms with E-state index in [0.717, 1.165) is 6.42 Å². The Balaban J connectivity index is 0.00000133. The zero-order chi connectivity index (χ0) is 12.7. The second-order valence-corrected chi connectivity index (χ2v) is 6.81. The van der Waals surface area contributed by atoms with Crippen LogP contribution >= 0.6 is 12.4 Å². The van der Waals surface area contributed by atoms with E-state index < -0.39 is 0 Å². The summed E-state index contributed by atoms with van der Waals surface area (Å²) in [5.74, 6) is 1.05. The van der Waals surface area contributed by atoms with E-state index in [4.69, 9.17) is 0 Å². The second-order valence-electron chi connectivity index (χ2n) is 6.81. The molecule has 2 heterocycles. The van der Waals surface area contributed by atoms with Crippen molar-refractivity contribution in [3.8, 4) is 0 Å². The zero-order valence-electron chi connectivity index (χ0n) is 12.1. The van der Waals surface area contributed by atoms with Crippen LogP contribution in [0, 0.1) is 5.92 Å². The summed E-state index contributed by atoms with van der Waals surface area (Å²) in [7, 11) is 0. The Bertz CT molecular complexity index is 316. The molecule has 3 nitrogen and oxygen atoms in total. The second kappa shape index (κ2) is 6.01. The molecule has 0 aromatic heterocycles. The minimum absolute atomic E-state index is 0. The minimum Gasteiger partial charge on any atom is -0.337 e. The summed E-state index contributed by atoms with van der Waals surface area (Å²) in [5.41, 5.74) is 0. The van der Waals surface area contributed by atoms with E-state index in [0.29, 0.717) is 36.0 Å². The molecule has 0 aromatic carbocycles. The van der Waals surface area contributed by atoms with Crippen LogP contribution in [0.3, 0.4) is 0 Å². The fraction of sp³-hybridized carbons (Fsp3) is 0.933. The van der Waals surface area contributed by atoms with Gasteiger partial charge in [0.1, 0.15) is 0 Å². The highest BCUT2D eigenvalue weighted by atomic mass is 35.5. The highest BCUT2D eigenvalue weighted by Gasteiger charge is 2.38. The van der Waals surface area contributed by atoms with Gasteiger partial charge in [0.05, 0.1) is 0 Å². The van der Waals surface area contributed by atoms with Crippen LogP contribution < -0.4 is 5.32 Å². The summed E-state index contributed by atoms with van der Waals surface area (Å²) in [5, 5.41) is 3.66. The summed E-state index contributed by atoms with van der Waals surface area (Å²) in [6, 6.07) is 2.35. The molecule has 1 amide bonds. The lowest BCUT2D eigenvalue weighted by atomic mass is 9.89. The third-order valence-corrected chi connectivity index (χ3v) is 4.82. The molecule has 2 bridgehead atoms. The van der Waals surface area contributed by atoms with Gasteiger partial charge in [0.2, 0.25) is 5.91 Å². The van der Waals surface area contributed by atoms with Crippen molar-refractivity contribution in [2.75, 3.05) is 0 Å². The van der Waals surface area contributed by atoms with Gasteiger partial charge in [0.15, 0.2) is 0 Å². The highest BCUT2D eigenvalue weighted by molar-refractivity contribution is 5.85. The minimum atomic E-state index is 0. The average Bonchev–Trinajstić information content (AvgIpc) is 3.04. The highest BCUT2D eigenvalue weighted by Crippen LogP contribution is 2.35. The number of hydrogen-bond donors (Lipinski definition) is 1. The van der Waals surface area contributed by atoms with Crippen molar-refractivity contribution >= 4 is 18.3 Å². The van der Waals surface area contributed by atoms with E-state index >= 15 is 0 Å². The molecule has 2 saturated heterocycles. The van der Waals surface area contributed by atoms with Gasteiger partial charge in [-0.1, -0.05) is 0 Å². The molecule has 2 aliphatic heterocycles. The summed E-state index contributed by atoms with van der Waals surface area (Å²) >= 11 is 0. The van der Waals surface area contributed by atoms with Gasteiger partial charge in [-0.3, -0.25) is 4.79 Å². The first-order chi connectivity index (χ1) is 8.63. The van der Waals surface area contributed by atoms with Gasteiger partial charge < -0.3 is 10.2 Å². The van der Waals surface area contributed by atoms with Gasteiger partial charge in [-0.15, -0.1) is 12.4 Å². The van der Waals surface area contributed by atoms with E-state index in [1.165, 1.54) is 38.5 Å². The lowest BCUT2D eigenvalue weighted by molar-refractivity contribution is -0.134.